The second kappa shape index (κ2) is 9.38. The minimum atomic E-state index is -0.0548. The Morgan fingerprint density at radius 3 is 2.32 bits per heavy atom. The Morgan fingerprint density at radius 1 is 0.968 bits per heavy atom. The molecule has 2 aliphatic rings. The zero-order chi connectivity index (χ0) is 21.8. The van der Waals surface area contributed by atoms with E-state index in [-0.39, 0.29) is 5.91 Å². The molecule has 0 bridgehead atoms. The van der Waals surface area contributed by atoms with Gasteiger partial charge in [0.15, 0.2) is 0 Å². The zero-order valence-electron chi connectivity index (χ0n) is 18.5. The van der Waals surface area contributed by atoms with Crippen LogP contribution in [0.3, 0.4) is 0 Å². The molecule has 1 heterocycles. The smallest absolute Gasteiger partial charge is 0.273 e. The van der Waals surface area contributed by atoms with Crippen molar-refractivity contribution in [2.75, 3.05) is 31.9 Å². The van der Waals surface area contributed by atoms with Gasteiger partial charge in [-0.05, 0) is 42.9 Å². The van der Waals surface area contributed by atoms with Crippen LogP contribution in [0.15, 0.2) is 71.4 Å². The summed E-state index contributed by atoms with van der Waals surface area (Å²) in [4.78, 5) is 22.6. The number of nitrogen functional groups attached to an aromatic ring is 1. The number of aliphatic imine (C=N–C) groups is 1. The quantitative estimate of drug-likeness (QED) is 0.590. The van der Waals surface area contributed by atoms with E-state index >= 15 is 0 Å². The molecule has 2 N–H and O–H groups in total. The Labute approximate surface area is 185 Å². The van der Waals surface area contributed by atoms with Crippen LogP contribution in [0.5, 0.6) is 0 Å². The summed E-state index contributed by atoms with van der Waals surface area (Å²) in [7, 11) is 0. The Bertz CT molecular complexity index is 974. The highest BCUT2D eigenvalue weighted by atomic mass is 16.2. The van der Waals surface area contributed by atoms with Gasteiger partial charge in [-0.2, -0.15) is 0 Å². The first-order chi connectivity index (χ1) is 15.0. The maximum Gasteiger partial charge on any atom is 0.273 e. The third-order valence-electron chi connectivity index (χ3n) is 6.20. The lowest BCUT2D eigenvalue weighted by atomic mass is 9.86. The molecule has 0 radical (unpaired) electrons. The number of benzene rings is 2. The summed E-state index contributed by atoms with van der Waals surface area (Å²) < 4.78 is 0. The normalized spacial score (nSPS) is 22.3. The van der Waals surface area contributed by atoms with Gasteiger partial charge in [0.1, 0.15) is 5.71 Å². The number of nitrogens with two attached hydrogens (primary N) is 1. The predicted octanol–water partition coefficient (Wildman–Crippen LogP) is 4.48. The summed E-state index contributed by atoms with van der Waals surface area (Å²) in [5.41, 5.74) is 10.1. The van der Waals surface area contributed by atoms with Crippen LogP contribution in [0, 0.1) is 11.8 Å². The van der Waals surface area contributed by atoms with Gasteiger partial charge in [0, 0.05) is 43.1 Å². The number of para-hydroxylation sites is 2. The average Bonchev–Trinajstić information content (AvgIpc) is 2.78. The molecular formula is C26H32N4O. The highest BCUT2D eigenvalue weighted by Crippen LogP contribution is 2.30. The fourth-order valence-electron chi connectivity index (χ4n) is 4.69. The van der Waals surface area contributed by atoms with E-state index in [1.165, 1.54) is 12.1 Å². The molecule has 1 aliphatic heterocycles. The standard InChI is InChI=1S/C26H32N4O/c1-19-16-20(2)18-22(17-19)29-12-14-30(15-13-29)26(31)25(23-10-6-7-11-24(23)27)28-21-8-4-3-5-9-21/h3-11,17,19-20H,12-16,18,27H2,1-2H3. The van der Waals surface area contributed by atoms with Gasteiger partial charge in [-0.1, -0.05) is 56.3 Å². The van der Waals surface area contributed by atoms with Crippen molar-refractivity contribution in [2.24, 2.45) is 16.8 Å². The van der Waals surface area contributed by atoms with Gasteiger partial charge in [-0.3, -0.25) is 4.79 Å². The van der Waals surface area contributed by atoms with E-state index in [0.717, 1.165) is 31.1 Å². The van der Waals surface area contributed by atoms with Crippen LogP contribution in [0.25, 0.3) is 0 Å². The van der Waals surface area contributed by atoms with E-state index in [1.54, 1.807) is 0 Å². The second-order valence-corrected chi connectivity index (χ2v) is 8.84. The first-order valence-corrected chi connectivity index (χ1v) is 11.2. The van der Waals surface area contributed by atoms with Crippen molar-refractivity contribution < 1.29 is 4.79 Å². The van der Waals surface area contributed by atoms with Crippen molar-refractivity contribution >= 4 is 23.0 Å². The third-order valence-corrected chi connectivity index (χ3v) is 6.20. The van der Waals surface area contributed by atoms with Crippen LogP contribution < -0.4 is 5.73 Å². The molecule has 162 valence electrons. The van der Waals surface area contributed by atoms with Crippen LogP contribution in [0.1, 0.15) is 32.3 Å². The summed E-state index contributed by atoms with van der Waals surface area (Å²) in [6, 6.07) is 17.1. The topological polar surface area (TPSA) is 61.9 Å². The Kier molecular flexibility index (Phi) is 6.40. The minimum absolute atomic E-state index is 0.0548. The van der Waals surface area contributed by atoms with Gasteiger partial charge in [-0.15, -0.1) is 0 Å². The largest absolute Gasteiger partial charge is 0.398 e. The zero-order valence-corrected chi connectivity index (χ0v) is 18.5. The van der Waals surface area contributed by atoms with Crippen LogP contribution in [0.2, 0.25) is 0 Å². The maximum absolute atomic E-state index is 13.5. The lowest BCUT2D eigenvalue weighted by Crippen LogP contribution is -2.50. The molecule has 5 nitrogen and oxygen atoms in total. The van der Waals surface area contributed by atoms with Crippen molar-refractivity contribution in [3.63, 3.8) is 0 Å². The fourth-order valence-corrected chi connectivity index (χ4v) is 4.69. The molecule has 0 spiro atoms. The van der Waals surface area contributed by atoms with E-state index in [4.69, 9.17) is 10.7 Å². The molecule has 2 atom stereocenters. The average molecular weight is 417 g/mol. The Hall–Kier alpha value is -3.08. The molecule has 2 aromatic carbocycles. The molecular weight excluding hydrogens is 384 g/mol. The van der Waals surface area contributed by atoms with Gasteiger partial charge in [0.05, 0.1) is 5.69 Å². The molecule has 0 aromatic heterocycles. The van der Waals surface area contributed by atoms with Crippen molar-refractivity contribution in [1.82, 2.24) is 9.80 Å². The van der Waals surface area contributed by atoms with Crippen molar-refractivity contribution in [3.05, 3.63) is 71.9 Å². The number of anilines is 1. The van der Waals surface area contributed by atoms with Crippen LogP contribution >= 0.6 is 0 Å². The number of carbonyl (C=O) groups is 1. The number of amides is 1. The number of nitrogens with zero attached hydrogens (tertiary/aromatic N) is 3. The van der Waals surface area contributed by atoms with Crippen LogP contribution in [-0.4, -0.2) is 47.6 Å². The first-order valence-electron chi connectivity index (χ1n) is 11.2. The van der Waals surface area contributed by atoms with E-state index in [1.807, 2.05) is 59.5 Å². The van der Waals surface area contributed by atoms with Gasteiger partial charge in [-0.25, -0.2) is 4.99 Å². The fraction of sp³-hybridized carbons (Fsp3) is 0.385. The van der Waals surface area contributed by atoms with Gasteiger partial charge >= 0.3 is 0 Å². The van der Waals surface area contributed by atoms with Gasteiger partial charge in [0.25, 0.3) is 5.91 Å². The summed E-state index contributed by atoms with van der Waals surface area (Å²) in [5, 5.41) is 0. The second-order valence-electron chi connectivity index (χ2n) is 8.84. The lowest BCUT2D eigenvalue weighted by Gasteiger charge is -2.40. The van der Waals surface area contributed by atoms with Crippen LogP contribution in [-0.2, 0) is 4.79 Å². The molecule has 31 heavy (non-hydrogen) atoms. The summed E-state index contributed by atoms with van der Waals surface area (Å²) >= 11 is 0. The molecule has 1 amide bonds. The van der Waals surface area contributed by atoms with Crippen molar-refractivity contribution in [2.45, 2.75) is 26.7 Å². The van der Waals surface area contributed by atoms with E-state index in [9.17, 15) is 4.79 Å². The predicted molar refractivity (Wildman–Crippen MR) is 127 cm³/mol. The Balaban J connectivity index is 1.53. The molecule has 4 rings (SSSR count). The monoisotopic (exact) mass is 416 g/mol. The molecule has 1 fully saturated rings. The molecule has 0 saturated carbocycles. The molecule has 1 aliphatic carbocycles. The summed E-state index contributed by atoms with van der Waals surface area (Å²) in [6.45, 7) is 7.74. The van der Waals surface area contributed by atoms with Gasteiger partial charge in [0.2, 0.25) is 0 Å². The van der Waals surface area contributed by atoms with E-state index < -0.39 is 0 Å². The van der Waals surface area contributed by atoms with Crippen LogP contribution in [0.4, 0.5) is 11.4 Å². The van der Waals surface area contributed by atoms with Gasteiger partial charge < -0.3 is 15.5 Å². The number of allylic oxidation sites excluding steroid dienone is 2. The van der Waals surface area contributed by atoms with E-state index in [2.05, 4.69) is 24.8 Å². The number of hydrogen-bond acceptors (Lipinski definition) is 4. The van der Waals surface area contributed by atoms with E-state index in [0.29, 0.717) is 36.0 Å². The number of rotatable bonds is 4. The van der Waals surface area contributed by atoms with Crippen molar-refractivity contribution in [1.29, 1.82) is 0 Å². The maximum atomic E-state index is 13.5. The van der Waals surface area contributed by atoms with Crippen molar-refractivity contribution in [3.8, 4) is 0 Å². The summed E-state index contributed by atoms with van der Waals surface area (Å²) in [6.07, 6.45) is 4.82. The number of carbonyl (C=O) groups excluding carboxylic acids is 1. The third kappa shape index (κ3) is 4.98. The number of piperazine rings is 1. The highest BCUT2D eigenvalue weighted by molar-refractivity contribution is 6.46. The molecule has 5 heteroatoms. The first kappa shape index (κ1) is 21.2. The molecule has 2 unspecified atom stereocenters. The molecule has 2 aromatic rings. The minimum Gasteiger partial charge on any atom is -0.398 e. The number of hydrogen-bond donors (Lipinski definition) is 1. The SMILES string of the molecule is CC1C=C(N2CCN(C(=O)C(=Nc3ccccc3)c3ccccc3N)CC2)CC(C)C1. The molecule has 1 saturated heterocycles. The highest BCUT2D eigenvalue weighted by Gasteiger charge is 2.28. The lowest BCUT2D eigenvalue weighted by molar-refractivity contribution is -0.125. The summed E-state index contributed by atoms with van der Waals surface area (Å²) in [5.74, 6) is 1.30. The Morgan fingerprint density at radius 2 is 1.65 bits per heavy atom.